The third-order valence-corrected chi connectivity index (χ3v) is 9.64. The Labute approximate surface area is 286 Å². The zero-order valence-corrected chi connectivity index (χ0v) is 27.8. The number of fused-ring (bicyclic) bond motifs is 2. The molecule has 1 amide bonds. The largest absolute Gasteiger partial charge is 0.384 e. The van der Waals surface area contributed by atoms with Crippen molar-refractivity contribution in [2.24, 2.45) is 12.8 Å². The van der Waals surface area contributed by atoms with Crippen LogP contribution < -0.4 is 16.0 Å². The predicted molar refractivity (Wildman–Crippen MR) is 198 cm³/mol. The lowest BCUT2D eigenvalue weighted by Crippen LogP contribution is -2.45. The quantitative estimate of drug-likeness (QED) is 0.112. The van der Waals surface area contributed by atoms with E-state index in [0.29, 0.717) is 19.1 Å². The van der Waals surface area contributed by atoms with E-state index in [1.54, 1.807) is 6.20 Å². The van der Waals surface area contributed by atoms with Crippen molar-refractivity contribution in [1.29, 1.82) is 5.41 Å². The summed E-state index contributed by atoms with van der Waals surface area (Å²) in [5.41, 5.74) is 11.4. The number of imidazole rings is 1. The normalized spacial score (nSPS) is 13.9. The average molecular weight is 651 g/mol. The fraction of sp³-hybridized carbons (Fsp3) is 0.250. The number of likely N-dealkylation sites (tertiary alicyclic amines) is 1. The number of rotatable bonds is 11. The second-order valence-electron chi connectivity index (χ2n) is 12.9. The Hall–Kier alpha value is -5.54. The van der Waals surface area contributed by atoms with Crippen LogP contribution in [-0.2, 0) is 31.2 Å². The van der Waals surface area contributed by atoms with Crippen LogP contribution in [-0.4, -0.2) is 56.9 Å². The third kappa shape index (κ3) is 7.32. The molecular weight excluding hydrogens is 608 g/mol. The van der Waals surface area contributed by atoms with Gasteiger partial charge in [-0.15, -0.1) is 0 Å². The van der Waals surface area contributed by atoms with Crippen LogP contribution in [0.25, 0.3) is 21.8 Å². The van der Waals surface area contributed by atoms with E-state index >= 15 is 0 Å². The van der Waals surface area contributed by atoms with Crippen LogP contribution in [0.5, 0.6) is 0 Å². The molecule has 1 saturated heterocycles. The number of nitrogens with zero attached hydrogens (tertiary/aromatic N) is 5. The number of hydrogen-bond acceptors (Lipinski definition) is 6. The van der Waals surface area contributed by atoms with E-state index in [9.17, 15) is 4.79 Å². The van der Waals surface area contributed by atoms with Crippen LogP contribution in [0.15, 0.2) is 109 Å². The van der Waals surface area contributed by atoms with E-state index < -0.39 is 0 Å². The molecule has 4 N–H and O–H groups in total. The van der Waals surface area contributed by atoms with Gasteiger partial charge in [-0.2, -0.15) is 0 Å². The number of nitrogens with two attached hydrogens (primary N) is 1. The molecule has 0 unspecified atom stereocenters. The SMILES string of the molecule is Cn1c(CCc2ccc(C(=N)N)cc2)nc2cc(N(Cc3cccc4ccccc34)C(=O)CN3CCC(Nc4ccccn4)CC3)ccc21. The fourth-order valence-corrected chi connectivity index (χ4v) is 6.83. The first kappa shape index (κ1) is 32.0. The van der Waals surface area contributed by atoms with Crippen molar-refractivity contribution >= 4 is 45.1 Å². The van der Waals surface area contributed by atoms with Gasteiger partial charge in [-0.3, -0.25) is 15.1 Å². The summed E-state index contributed by atoms with van der Waals surface area (Å²) in [6.45, 7) is 2.52. The Balaban J connectivity index is 1.11. The topological polar surface area (TPSA) is 116 Å². The van der Waals surface area contributed by atoms with Crippen LogP contribution in [0.3, 0.4) is 0 Å². The number of amides is 1. The standard InChI is InChI=1S/C40H42N8O/c1-46-36-18-17-33(25-35(36)45-38(46)19-14-28-12-15-30(16-13-28)40(41)42)48(26-31-9-6-8-29-7-2-3-10-34(29)31)39(49)27-47-23-20-32(21-24-47)44-37-11-4-5-22-43-37/h2-13,15-18,22,25,32H,14,19-21,23-24,26-27H2,1H3,(H3,41,42)(H,43,44). The maximum Gasteiger partial charge on any atom is 0.241 e. The Morgan fingerprint density at radius 1 is 0.939 bits per heavy atom. The molecule has 248 valence electrons. The Morgan fingerprint density at radius 2 is 1.71 bits per heavy atom. The molecule has 1 fully saturated rings. The van der Waals surface area contributed by atoms with Crippen molar-refractivity contribution in [2.75, 3.05) is 29.9 Å². The Bertz CT molecular complexity index is 2080. The summed E-state index contributed by atoms with van der Waals surface area (Å²) in [5, 5.41) is 13.5. The predicted octanol–water partition coefficient (Wildman–Crippen LogP) is 6.30. The minimum atomic E-state index is 0.0733. The highest BCUT2D eigenvalue weighted by atomic mass is 16.2. The Kier molecular flexibility index (Phi) is 9.34. The number of carbonyl (C=O) groups excluding carboxylic acids is 1. The number of piperidine rings is 1. The summed E-state index contributed by atoms with van der Waals surface area (Å²) < 4.78 is 2.14. The first-order chi connectivity index (χ1) is 23.9. The van der Waals surface area contributed by atoms with Crippen LogP contribution in [0.4, 0.5) is 11.5 Å². The molecule has 9 nitrogen and oxygen atoms in total. The molecule has 49 heavy (non-hydrogen) atoms. The lowest BCUT2D eigenvalue weighted by atomic mass is 10.0. The van der Waals surface area contributed by atoms with Crippen molar-refractivity contribution in [1.82, 2.24) is 19.4 Å². The van der Waals surface area contributed by atoms with Crippen LogP contribution in [0.2, 0.25) is 0 Å². The minimum Gasteiger partial charge on any atom is -0.384 e. The van der Waals surface area contributed by atoms with Crippen LogP contribution in [0.1, 0.15) is 35.4 Å². The van der Waals surface area contributed by atoms with E-state index in [4.69, 9.17) is 16.1 Å². The van der Waals surface area contributed by atoms with Crippen molar-refractivity contribution < 1.29 is 4.79 Å². The van der Waals surface area contributed by atoms with E-state index in [1.807, 2.05) is 47.4 Å². The summed E-state index contributed by atoms with van der Waals surface area (Å²) >= 11 is 0. The highest BCUT2D eigenvalue weighted by Crippen LogP contribution is 2.28. The summed E-state index contributed by atoms with van der Waals surface area (Å²) in [5.74, 6) is 2.03. The van der Waals surface area contributed by atoms with Crippen molar-refractivity contribution in [3.8, 4) is 0 Å². The molecule has 9 heteroatoms. The van der Waals surface area contributed by atoms with Gasteiger partial charge in [0.1, 0.15) is 17.5 Å². The number of carbonyl (C=O) groups is 1. The van der Waals surface area contributed by atoms with E-state index in [1.165, 1.54) is 5.56 Å². The van der Waals surface area contributed by atoms with Gasteiger partial charge in [0.2, 0.25) is 5.91 Å². The number of pyridine rings is 1. The molecule has 7 rings (SSSR count). The average Bonchev–Trinajstić information content (AvgIpc) is 3.45. The summed E-state index contributed by atoms with van der Waals surface area (Å²) in [4.78, 5) is 27.9. The molecule has 6 aromatic rings. The van der Waals surface area contributed by atoms with E-state index in [0.717, 1.165) is 89.0 Å². The highest BCUT2D eigenvalue weighted by Gasteiger charge is 2.25. The van der Waals surface area contributed by atoms with E-state index in [-0.39, 0.29) is 11.7 Å². The van der Waals surface area contributed by atoms with Crippen molar-refractivity contribution in [2.45, 2.75) is 38.3 Å². The van der Waals surface area contributed by atoms with Gasteiger partial charge >= 0.3 is 0 Å². The third-order valence-electron chi connectivity index (χ3n) is 9.64. The highest BCUT2D eigenvalue weighted by molar-refractivity contribution is 5.98. The van der Waals surface area contributed by atoms with Crippen molar-refractivity contribution in [3.05, 3.63) is 132 Å². The van der Waals surface area contributed by atoms with Gasteiger partial charge in [-0.05, 0) is 71.5 Å². The maximum atomic E-state index is 14.3. The number of hydrogen-bond donors (Lipinski definition) is 3. The first-order valence-corrected chi connectivity index (χ1v) is 17.0. The number of nitrogens with one attached hydrogen (secondary N) is 2. The molecule has 0 aliphatic carbocycles. The Morgan fingerprint density at radius 3 is 2.49 bits per heavy atom. The lowest BCUT2D eigenvalue weighted by Gasteiger charge is -2.34. The number of nitrogen functional groups attached to an aromatic ring is 1. The molecule has 4 aromatic carbocycles. The molecule has 0 spiro atoms. The van der Waals surface area contributed by atoms with Crippen LogP contribution >= 0.6 is 0 Å². The zero-order chi connectivity index (χ0) is 33.7. The number of anilines is 2. The van der Waals surface area contributed by atoms with Gasteiger partial charge < -0.3 is 20.5 Å². The molecule has 0 atom stereocenters. The van der Waals surface area contributed by atoms with Gasteiger partial charge in [-0.1, -0.05) is 72.8 Å². The molecule has 1 aliphatic heterocycles. The number of benzene rings is 4. The van der Waals surface area contributed by atoms with Gasteiger partial charge in [-0.25, -0.2) is 9.97 Å². The number of aryl methyl sites for hydroxylation is 3. The van der Waals surface area contributed by atoms with Gasteiger partial charge in [0.05, 0.1) is 24.1 Å². The van der Waals surface area contributed by atoms with Gasteiger partial charge in [0.25, 0.3) is 0 Å². The minimum absolute atomic E-state index is 0.0733. The molecule has 0 saturated carbocycles. The monoisotopic (exact) mass is 650 g/mol. The van der Waals surface area contributed by atoms with Gasteiger partial charge in [0, 0.05) is 50.0 Å². The summed E-state index contributed by atoms with van der Waals surface area (Å²) in [7, 11) is 2.05. The fourth-order valence-electron chi connectivity index (χ4n) is 6.83. The van der Waals surface area contributed by atoms with Gasteiger partial charge in [0.15, 0.2) is 0 Å². The second kappa shape index (κ2) is 14.3. The zero-order valence-electron chi connectivity index (χ0n) is 27.8. The van der Waals surface area contributed by atoms with Crippen molar-refractivity contribution in [3.63, 3.8) is 0 Å². The molecule has 2 aromatic heterocycles. The smallest absolute Gasteiger partial charge is 0.241 e. The molecular formula is C40H42N8O. The van der Waals surface area contributed by atoms with E-state index in [2.05, 4.69) is 87.5 Å². The first-order valence-electron chi connectivity index (χ1n) is 17.0. The number of aromatic nitrogens is 3. The lowest BCUT2D eigenvalue weighted by molar-refractivity contribution is -0.120. The second-order valence-corrected chi connectivity index (χ2v) is 12.9. The molecule has 1 aliphatic rings. The number of amidine groups is 1. The molecule has 0 bridgehead atoms. The summed E-state index contributed by atoms with van der Waals surface area (Å²) in [6, 6.07) is 35.0. The summed E-state index contributed by atoms with van der Waals surface area (Å²) in [6.07, 6.45) is 5.31. The maximum absolute atomic E-state index is 14.3. The van der Waals surface area contributed by atoms with Crippen LogP contribution in [0, 0.1) is 5.41 Å². The molecule has 3 heterocycles. The molecule has 0 radical (unpaired) electrons.